The van der Waals surface area contributed by atoms with E-state index in [-0.39, 0.29) is 0 Å². The molecule has 1 heterocycles. The van der Waals surface area contributed by atoms with Crippen LogP contribution in [0.4, 0.5) is 0 Å². The smallest absolute Gasteiger partial charge is 0.337 e. The topological polar surface area (TPSA) is 96.2 Å². The second kappa shape index (κ2) is 4.89. The Morgan fingerprint density at radius 3 is 2.47 bits per heavy atom. The molecule has 6 nitrogen and oxygen atoms in total. The van der Waals surface area contributed by atoms with Crippen LogP contribution in [0.3, 0.4) is 0 Å². The van der Waals surface area contributed by atoms with E-state index >= 15 is 0 Å². The van der Waals surface area contributed by atoms with Gasteiger partial charge in [-0.3, -0.25) is 0 Å². The molecule has 0 saturated carbocycles. The van der Waals surface area contributed by atoms with Gasteiger partial charge in [0.1, 0.15) is 18.3 Å². The molecular formula is C9H16O6. The van der Waals surface area contributed by atoms with Gasteiger partial charge in [0.05, 0.1) is 13.2 Å². The molecule has 0 aromatic heterocycles. The fourth-order valence-corrected chi connectivity index (χ4v) is 1.63. The predicted molar refractivity (Wildman–Crippen MR) is 49.0 cm³/mol. The van der Waals surface area contributed by atoms with Crippen molar-refractivity contribution in [2.75, 3.05) is 7.11 Å². The summed E-state index contributed by atoms with van der Waals surface area (Å²) in [5, 5.41) is 28.5. The van der Waals surface area contributed by atoms with Gasteiger partial charge in [-0.2, -0.15) is 0 Å². The van der Waals surface area contributed by atoms with Crippen molar-refractivity contribution in [3.63, 3.8) is 0 Å². The van der Waals surface area contributed by atoms with Crippen LogP contribution in [-0.4, -0.2) is 58.9 Å². The first-order chi connectivity index (χ1) is 7.02. The molecule has 0 aromatic carbocycles. The highest BCUT2D eigenvalue weighted by atomic mass is 16.6. The van der Waals surface area contributed by atoms with E-state index in [2.05, 4.69) is 4.74 Å². The summed E-state index contributed by atoms with van der Waals surface area (Å²) in [5.74, 6) is -0.886. The normalized spacial score (nSPS) is 37.7. The van der Waals surface area contributed by atoms with Crippen LogP contribution in [0.15, 0.2) is 0 Å². The molecule has 0 unspecified atom stereocenters. The van der Waals surface area contributed by atoms with Crippen molar-refractivity contribution in [1.82, 2.24) is 0 Å². The average molecular weight is 220 g/mol. The van der Waals surface area contributed by atoms with Gasteiger partial charge in [0.25, 0.3) is 0 Å². The van der Waals surface area contributed by atoms with Crippen molar-refractivity contribution in [2.45, 2.75) is 43.9 Å². The number of carbonyl (C=O) groups excluding carboxylic acids is 1. The molecule has 5 atom stereocenters. The van der Waals surface area contributed by atoms with Gasteiger partial charge in [0, 0.05) is 0 Å². The Morgan fingerprint density at radius 2 is 2.07 bits per heavy atom. The van der Waals surface area contributed by atoms with Crippen molar-refractivity contribution in [3.05, 3.63) is 0 Å². The lowest BCUT2D eigenvalue weighted by Crippen LogP contribution is -2.43. The third-order valence-electron chi connectivity index (χ3n) is 2.56. The number of ether oxygens (including phenoxy) is 2. The second-order valence-corrected chi connectivity index (χ2v) is 3.50. The fourth-order valence-electron chi connectivity index (χ4n) is 1.63. The zero-order valence-electron chi connectivity index (χ0n) is 8.66. The first-order valence-corrected chi connectivity index (χ1v) is 4.80. The van der Waals surface area contributed by atoms with E-state index in [0.29, 0.717) is 6.42 Å². The molecule has 15 heavy (non-hydrogen) atoms. The van der Waals surface area contributed by atoms with Crippen LogP contribution < -0.4 is 0 Å². The molecule has 1 saturated heterocycles. The first kappa shape index (κ1) is 12.4. The van der Waals surface area contributed by atoms with Gasteiger partial charge < -0.3 is 24.8 Å². The van der Waals surface area contributed by atoms with E-state index in [1.807, 2.05) is 0 Å². The van der Waals surface area contributed by atoms with Gasteiger partial charge in [-0.05, 0) is 6.42 Å². The van der Waals surface area contributed by atoms with E-state index in [0.717, 1.165) is 7.11 Å². The van der Waals surface area contributed by atoms with E-state index in [9.17, 15) is 20.1 Å². The van der Waals surface area contributed by atoms with E-state index in [1.165, 1.54) is 0 Å². The number of hydrogen-bond acceptors (Lipinski definition) is 6. The van der Waals surface area contributed by atoms with Gasteiger partial charge in [0.15, 0.2) is 6.10 Å². The maximum Gasteiger partial charge on any atom is 0.337 e. The van der Waals surface area contributed by atoms with E-state index < -0.39 is 36.5 Å². The number of rotatable bonds is 3. The summed E-state index contributed by atoms with van der Waals surface area (Å²) in [6, 6.07) is 0. The second-order valence-electron chi connectivity index (χ2n) is 3.50. The van der Waals surface area contributed by atoms with Crippen molar-refractivity contribution in [1.29, 1.82) is 0 Å². The zero-order valence-corrected chi connectivity index (χ0v) is 8.66. The standard InChI is InChI=1S/C9H16O6/c1-3-4-5(10)6(11)8(15-4)7(12)9(13)14-2/h4-8,10-12H,3H2,1-2H3/t4-,5-,6+,7-,8+/m0/s1. The molecule has 1 fully saturated rings. The summed E-state index contributed by atoms with van der Waals surface area (Å²) >= 11 is 0. The monoisotopic (exact) mass is 220 g/mol. The van der Waals surface area contributed by atoms with Gasteiger partial charge in [-0.15, -0.1) is 0 Å². The molecule has 6 heteroatoms. The molecule has 0 bridgehead atoms. The molecule has 0 amide bonds. The molecule has 1 aliphatic rings. The molecular weight excluding hydrogens is 204 g/mol. The highest BCUT2D eigenvalue weighted by Gasteiger charge is 2.47. The molecule has 0 spiro atoms. The summed E-state index contributed by atoms with van der Waals surface area (Å²) in [6.07, 6.45) is -5.14. The fraction of sp³-hybridized carbons (Fsp3) is 0.889. The Hall–Kier alpha value is -0.690. The Balaban J connectivity index is 2.68. The Morgan fingerprint density at radius 1 is 1.47 bits per heavy atom. The lowest BCUT2D eigenvalue weighted by Gasteiger charge is -2.18. The molecule has 0 aromatic rings. The number of methoxy groups -OCH3 is 1. The summed E-state index contributed by atoms with van der Waals surface area (Å²) < 4.78 is 9.48. The van der Waals surface area contributed by atoms with Crippen LogP contribution in [-0.2, 0) is 14.3 Å². The maximum absolute atomic E-state index is 11.0. The van der Waals surface area contributed by atoms with Crippen LogP contribution in [0.5, 0.6) is 0 Å². The van der Waals surface area contributed by atoms with E-state index in [1.54, 1.807) is 6.92 Å². The summed E-state index contributed by atoms with van der Waals surface area (Å²) in [6.45, 7) is 1.77. The minimum Gasteiger partial charge on any atom is -0.467 e. The maximum atomic E-state index is 11.0. The highest BCUT2D eigenvalue weighted by Crippen LogP contribution is 2.25. The molecule has 0 radical (unpaired) electrons. The quantitative estimate of drug-likeness (QED) is 0.497. The molecule has 1 rings (SSSR count). The number of hydrogen-bond donors (Lipinski definition) is 3. The van der Waals surface area contributed by atoms with Gasteiger partial charge in [-0.1, -0.05) is 6.92 Å². The lowest BCUT2D eigenvalue weighted by atomic mass is 10.0. The van der Waals surface area contributed by atoms with Crippen molar-refractivity contribution < 1.29 is 29.6 Å². The third-order valence-corrected chi connectivity index (χ3v) is 2.56. The van der Waals surface area contributed by atoms with Crippen LogP contribution in [0.25, 0.3) is 0 Å². The van der Waals surface area contributed by atoms with Crippen molar-refractivity contribution >= 4 is 5.97 Å². The predicted octanol–water partition coefficient (Wildman–Crippen LogP) is -1.58. The third kappa shape index (κ3) is 2.28. The highest BCUT2D eigenvalue weighted by molar-refractivity contribution is 5.75. The van der Waals surface area contributed by atoms with Gasteiger partial charge >= 0.3 is 5.97 Å². The largest absolute Gasteiger partial charge is 0.467 e. The summed E-state index contributed by atoms with van der Waals surface area (Å²) in [5.41, 5.74) is 0. The number of aliphatic hydroxyl groups is 3. The number of aliphatic hydroxyl groups excluding tert-OH is 3. The average Bonchev–Trinajstić information content (AvgIpc) is 2.54. The van der Waals surface area contributed by atoms with Gasteiger partial charge in [0.2, 0.25) is 0 Å². The van der Waals surface area contributed by atoms with Crippen molar-refractivity contribution in [2.24, 2.45) is 0 Å². The van der Waals surface area contributed by atoms with Crippen LogP contribution in [0, 0.1) is 0 Å². The molecule has 3 N–H and O–H groups in total. The zero-order chi connectivity index (χ0) is 11.6. The Labute approximate surface area is 87.4 Å². The van der Waals surface area contributed by atoms with Crippen molar-refractivity contribution in [3.8, 4) is 0 Å². The SMILES string of the molecule is CC[C@@H]1O[C@@H]([C@H](O)C(=O)OC)[C@H](O)[C@H]1O. The molecule has 88 valence electrons. The first-order valence-electron chi connectivity index (χ1n) is 4.80. The number of carbonyl (C=O) groups is 1. The summed E-state index contributed by atoms with van der Waals surface area (Å²) in [4.78, 5) is 11.0. The Kier molecular flexibility index (Phi) is 4.04. The van der Waals surface area contributed by atoms with E-state index in [4.69, 9.17) is 4.74 Å². The van der Waals surface area contributed by atoms with Crippen LogP contribution in [0.2, 0.25) is 0 Å². The minimum atomic E-state index is -1.57. The van der Waals surface area contributed by atoms with Crippen LogP contribution in [0.1, 0.15) is 13.3 Å². The molecule has 1 aliphatic heterocycles. The lowest BCUT2D eigenvalue weighted by molar-refractivity contribution is -0.162. The minimum absolute atomic E-state index is 0.489. The van der Waals surface area contributed by atoms with Gasteiger partial charge in [-0.25, -0.2) is 4.79 Å². The molecule has 0 aliphatic carbocycles. The summed E-state index contributed by atoms with van der Waals surface area (Å²) in [7, 11) is 1.13. The number of esters is 1. The van der Waals surface area contributed by atoms with Crippen LogP contribution >= 0.6 is 0 Å². The Bertz CT molecular complexity index is 231.